The highest BCUT2D eigenvalue weighted by Crippen LogP contribution is 2.20. The van der Waals surface area contributed by atoms with Crippen molar-refractivity contribution in [2.24, 2.45) is 0 Å². The zero-order valence-corrected chi connectivity index (χ0v) is 10.7. The summed E-state index contributed by atoms with van der Waals surface area (Å²) in [5.41, 5.74) is 0. The van der Waals surface area contributed by atoms with Crippen LogP contribution >= 0.6 is 0 Å². The first-order valence-corrected chi connectivity index (χ1v) is 7.07. The maximum atomic E-state index is 9.94. The summed E-state index contributed by atoms with van der Waals surface area (Å²) < 4.78 is 5.79. The van der Waals surface area contributed by atoms with E-state index in [1.165, 1.54) is 32.1 Å². The van der Waals surface area contributed by atoms with Crippen molar-refractivity contribution in [3.8, 4) is 0 Å². The van der Waals surface area contributed by atoms with E-state index in [0.29, 0.717) is 12.7 Å². The van der Waals surface area contributed by atoms with Crippen molar-refractivity contribution >= 4 is 0 Å². The molecule has 100 valence electrons. The summed E-state index contributed by atoms with van der Waals surface area (Å²) in [4.78, 5) is 2.31. The zero-order chi connectivity index (χ0) is 11.9. The summed E-state index contributed by atoms with van der Waals surface area (Å²) >= 11 is 0. The molecule has 2 rings (SSSR count). The fourth-order valence-electron chi connectivity index (χ4n) is 2.72. The summed E-state index contributed by atoms with van der Waals surface area (Å²) in [6.45, 7) is 5.43. The fourth-order valence-corrected chi connectivity index (χ4v) is 2.72. The number of rotatable bonds is 5. The minimum atomic E-state index is -0.324. The number of ether oxygens (including phenoxy) is 1. The molecular weight excluding hydrogens is 216 g/mol. The number of aliphatic hydroxyl groups excluding tert-OH is 1. The Morgan fingerprint density at radius 2 is 1.88 bits per heavy atom. The molecule has 17 heavy (non-hydrogen) atoms. The standard InChI is InChI=1S/C13H26N2O2/c16-12(10-15-8-6-14-7-9-15)11-17-13-4-2-1-3-5-13/h12-14,16H,1-11H2/t12-/m0/s1. The molecule has 0 aromatic carbocycles. The summed E-state index contributed by atoms with van der Waals surface area (Å²) in [5, 5.41) is 13.3. The number of nitrogens with zero attached hydrogens (tertiary/aromatic N) is 1. The van der Waals surface area contributed by atoms with Crippen LogP contribution in [0.15, 0.2) is 0 Å². The average Bonchev–Trinajstić information content (AvgIpc) is 2.39. The van der Waals surface area contributed by atoms with E-state index in [9.17, 15) is 5.11 Å². The van der Waals surface area contributed by atoms with Gasteiger partial charge in [0.25, 0.3) is 0 Å². The molecule has 2 aliphatic rings. The van der Waals surface area contributed by atoms with E-state index in [0.717, 1.165) is 32.7 Å². The van der Waals surface area contributed by atoms with Crippen LogP contribution in [0, 0.1) is 0 Å². The van der Waals surface area contributed by atoms with E-state index in [1.54, 1.807) is 0 Å². The Hall–Kier alpha value is -0.160. The summed E-state index contributed by atoms with van der Waals surface area (Å²) in [7, 11) is 0. The van der Waals surface area contributed by atoms with Gasteiger partial charge in [-0.25, -0.2) is 0 Å². The quantitative estimate of drug-likeness (QED) is 0.741. The molecule has 1 saturated carbocycles. The van der Waals surface area contributed by atoms with Crippen LogP contribution in [0.5, 0.6) is 0 Å². The van der Waals surface area contributed by atoms with Crippen molar-refractivity contribution < 1.29 is 9.84 Å². The first-order chi connectivity index (χ1) is 8.34. The number of hydrogen-bond donors (Lipinski definition) is 2. The molecule has 0 radical (unpaired) electrons. The molecule has 0 amide bonds. The van der Waals surface area contributed by atoms with Crippen LogP contribution in [-0.4, -0.2) is 61.5 Å². The van der Waals surface area contributed by atoms with E-state index < -0.39 is 0 Å². The van der Waals surface area contributed by atoms with Gasteiger partial charge >= 0.3 is 0 Å². The first-order valence-electron chi connectivity index (χ1n) is 7.07. The molecule has 1 heterocycles. The highest BCUT2D eigenvalue weighted by Gasteiger charge is 2.18. The predicted octanol–water partition coefficient (Wildman–Crippen LogP) is 0.602. The molecule has 1 saturated heterocycles. The third kappa shape index (κ3) is 4.92. The Morgan fingerprint density at radius 1 is 1.18 bits per heavy atom. The second-order valence-electron chi connectivity index (χ2n) is 5.30. The zero-order valence-electron chi connectivity index (χ0n) is 10.7. The van der Waals surface area contributed by atoms with Crippen LogP contribution in [0.25, 0.3) is 0 Å². The van der Waals surface area contributed by atoms with Crippen molar-refractivity contribution in [2.45, 2.75) is 44.3 Å². The lowest BCUT2D eigenvalue weighted by atomic mass is 9.98. The molecule has 2 fully saturated rings. The number of hydrogen-bond acceptors (Lipinski definition) is 4. The van der Waals surface area contributed by atoms with Crippen molar-refractivity contribution in [3.05, 3.63) is 0 Å². The van der Waals surface area contributed by atoms with Gasteiger partial charge in [-0.05, 0) is 12.8 Å². The Balaban J connectivity index is 1.57. The van der Waals surface area contributed by atoms with Gasteiger partial charge in [-0.1, -0.05) is 19.3 Å². The van der Waals surface area contributed by atoms with Gasteiger partial charge in [0, 0.05) is 32.7 Å². The van der Waals surface area contributed by atoms with Crippen LogP contribution in [0.3, 0.4) is 0 Å². The molecule has 0 aromatic rings. The van der Waals surface area contributed by atoms with Crippen molar-refractivity contribution in [3.63, 3.8) is 0 Å². The van der Waals surface area contributed by atoms with E-state index in [-0.39, 0.29) is 6.10 Å². The van der Waals surface area contributed by atoms with Gasteiger partial charge in [0.05, 0.1) is 18.8 Å². The molecule has 4 heteroatoms. The molecule has 2 N–H and O–H groups in total. The van der Waals surface area contributed by atoms with E-state index >= 15 is 0 Å². The Bertz CT molecular complexity index is 202. The Labute approximate surface area is 104 Å². The van der Waals surface area contributed by atoms with Crippen molar-refractivity contribution in [2.75, 3.05) is 39.3 Å². The minimum absolute atomic E-state index is 0.324. The predicted molar refractivity (Wildman–Crippen MR) is 68.1 cm³/mol. The Kier molecular flexibility index (Phi) is 5.71. The molecule has 1 aliphatic heterocycles. The third-order valence-corrected chi connectivity index (χ3v) is 3.76. The second-order valence-corrected chi connectivity index (χ2v) is 5.30. The fraction of sp³-hybridized carbons (Fsp3) is 1.00. The van der Waals surface area contributed by atoms with Crippen LogP contribution in [0.1, 0.15) is 32.1 Å². The molecule has 0 unspecified atom stereocenters. The van der Waals surface area contributed by atoms with Crippen molar-refractivity contribution in [1.29, 1.82) is 0 Å². The molecule has 0 spiro atoms. The van der Waals surface area contributed by atoms with Gasteiger partial charge < -0.3 is 15.2 Å². The van der Waals surface area contributed by atoms with Gasteiger partial charge in [-0.2, -0.15) is 0 Å². The molecule has 1 aliphatic carbocycles. The lowest BCUT2D eigenvalue weighted by Crippen LogP contribution is -2.47. The van der Waals surface area contributed by atoms with Crippen LogP contribution in [-0.2, 0) is 4.74 Å². The van der Waals surface area contributed by atoms with Crippen LogP contribution in [0.4, 0.5) is 0 Å². The van der Waals surface area contributed by atoms with E-state index in [1.807, 2.05) is 0 Å². The number of nitrogens with one attached hydrogen (secondary N) is 1. The molecule has 0 bridgehead atoms. The highest BCUT2D eigenvalue weighted by molar-refractivity contribution is 4.72. The number of piperazine rings is 1. The second kappa shape index (κ2) is 7.31. The molecule has 0 aromatic heterocycles. The topological polar surface area (TPSA) is 44.7 Å². The van der Waals surface area contributed by atoms with Gasteiger partial charge in [0.2, 0.25) is 0 Å². The number of β-amino-alcohol motifs (C(OH)–C–C–N with tert-alkyl or cyclic N) is 1. The van der Waals surface area contributed by atoms with Crippen LogP contribution in [0.2, 0.25) is 0 Å². The minimum Gasteiger partial charge on any atom is -0.389 e. The van der Waals surface area contributed by atoms with Gasteiger partial charge in [-0.3, -0.25) is 4.90 Å². The largest absolute Gasteiger partial charge is 0.389 e. The van der Waals surface area contributed by atoms with Gasteiger partial charge in [-0.15, -0.1) is 0 Å². The van der Waals surface area contributed by atoms with Gasteiger partial charge in [0.15, 0.2) is 0 Å². The average molecular weight is 242 g/mol. The molecule has 1 atom stereocenters. The maximum Gasteiger partial charge on any atom is 0.0900 e. The first kappa shape index (κ1) is 13.3. The summed E-state index contributed by atoms with van der Waals surface area (Å²) in [6, 6.07) is 0. The third-order valence-electron chi connectivity index (χ3n) is 3.76. The monoisotopic (exact) mass is 242 g/mol. The van der Waals surface area contributed by atoms with E-state index in [4.69, 9.17) is 4.74 Å². The smallest absolute Gasteiger partial charge is 0.0900 e. The van der Waals surface area contributed by atoms with Gasteiger partial charge in [0.1, 0.15) is 0 Å². The summed E-state index contributed by atoms with van der Waals surface area (Å²) in [5.74, 6) is 0. The summed E-state index contributed by atoms with van der Waals surface area (Å²) in [6.07, 6.45) is 6.37. The lowest BCUT2D eigenvalue weighted by Gasteiger charge is -2.30. The normalized spacial score (nSPS) is 25.9. The molecule has 4 nitrogen and oxygen atoms in total. The Morgan fingerprint density at radius 3 is 2.59 bits per heavy atom. The van der Waals surface area contributed by atoms with Crippen LogP contribution < -0.4 is 5.32 Å². The maximum absolute atomic E-state index is 9.94. The van der Waals surface area contributed by atoms with Crippen molar-refractivity contribution in [1.82, 2.24) is 10.2 Å². The molecular formula is C13H26N2O2. The van der Waals surface area contributed by atoms with E-state index in [2.05, 4.69) is 10.2 Å². The SMILES string of the molecule is O[C@H](COC1CCCCC1)CN1CCNCC1. The lowest BCUT2D eigenvalue weighted by molar-refractivity contribution is -0.0340. The number of aliphatic hydroxyl groups is 1. The highest BCUT2D eigenvalue weighted by atomic mass is 16.5.